The van der Waals surface area contributed by atoms with Crippen molar-refractivity contribution in [3.05, 3.63) is 0 Å². The van der Waals surface area contributed by atoms with E-state index in [1.165, 1.54) is 6.42 Å². The fourth-order valence-corrected chi connectivity index (χ4v) is 4.08. The molecule has 0 aliphatic rings. The summed E-state index contributed by atoms with van der Waals surface area (Å²) >= 11 is 0. The van der Waals surface area contributed by atoms with Crippen LogP contribution in [0.5, 0.6) is 0 Å². The number of nitrogens with two attached hydrogens (primary N) is 4. The SMILES string of the molecule is CC(C)CC(CN)CC(CN)CC(CN)CC(CN)CC(C)(C)C. The average molecular weight is 343 g/mol. The van der Waals surface area contributed by atoms with E-state index < -0.39 is 0 Å². The largest absolute Gasteiger partial charge is 0.330 e. The Morgan fingerprint density at radius 1 is 0.583 bits per heavy atom. The molecule has 4 nitrogen and oxygen atoms in total. The topological polar surface area (TPSA) is 104 Å². The third kappa shape index (κ3) is 11.4. The monoisotopic (exact) mass is 342 g/mol. The van der Waals surface area contributed by atoms with Gasteiger partial charge in [0, 0.05) is 0 Å². The molecule has 0 aromatic rings. The molecule has 4 atom stereocenters. The minimum atomic E-state index is 0.318. The molecule has 0 aromatic heterocycles. The van der Waals surface area contributed by atoms with E-state index in [9.17, 15) is 0 Å². The highest BCUT2D eigenvalue weighted by Gasteiger charge is 2.24. The van der Waals surface area contributed by atoms with Gasteiger partial charge in [-0.15, -0.1) is 0 Å². The summed E-state index contributed by atoms with van der Waals surface area (Å²) in [4.78, 5) is 0. The lowest BCUT2D eigenvalue weighted by atomic mass is 9.77. The van der Waals surface area contributed by atoms with Gasteiger partial charge in [0.2, 0.25) is 0 Å². The predicted molar refractivity (Wildman–Crippen MR) is 108 cm³/mol. The summed E-state index contributed by atoms with van der Waals surface area (Å²) in [6.07, 6.45) is 5.72. The molecule has 0 aliphatic carbocycles. The first-order valence-corrected chi connectivity index (χ1v) is 9.95. The smallest absolute Gasteiger partial charge is 0.00486 e. The van der Waals surface area contributed by atoms with Crippen LogP contribution in [0, 0.1) is 35.0 Å². The lowest BCUT2D eigenvalue weighted by molar-refractivity contribution is 0.227. The molecule has 0 saturated heterocycles. The Labute approximate surface area is 151 Å². The van der Waals surface area contributed by atoms with Crippen LogP contribution >= 0.6 is 0 Å². The number of hydrogen-bond acceptors (Lipinski definition) is 4. The Balaban J connectivity index is 4.62. The minimum Gasteiger partial charge on any atom is -0.330 e. The van der Waals surface area contributed by atoms with Gasteiger partial charge in [0.15, 0.2) is 0 Å². The Morgan fingerprint density at radius 2 is 0.917 bits per heavy atom. The normalized spacial score (nSPS) is 17.8. The molecule has 0 spiro atoms. The van der Waals surface area contributed by atoms with Gasteiger partial charge in [-0.1, -0.05) is 34.6 Å². The first kappa shape index (κ1) is 23.8. The second kappa shape index (κ2) is 12.2. The molecule has 0 rings (SSSR count). The van der Waals surface area contributed by atoms with Gasteiger partial charge in [-0.05, 0) is 93.3 Å². The summed E-state index contributed by atoms with van der Waals surface area (Å²) in [5, 5.41) is 0. The summed E-state index contributed by atoms with van der Waals surface area (Å²) in [5.74, 6) is 2.87. The Kier molecular flexibility index (Phi) is 12.2. The van der Waals surface area contributed by atoms with E-state index in [0.29, 0.717) is 35.0 Å². The molecule has 0 radical (unpaired) electrons. The third-order valence-corrected chi connectivity index (χ3v) is 5.04. The summed E-state index contributed by atoms with van der Waals surface area (Å²) in [6, 6.07) is 0. The molecule has 0 fully saturated rings. The summed E-state index contributed by atoms with van der Waals surface area (Å²) in [6.45, 7) is 14.4. The van der Waals surface area contributed by atoms with Crippen LogP contribution in [0.25, 0.3) is 0 Å². The zero-order valence-electron chi connectivity index (χ0n) is 17.1. The van der Waals surface area contributed by atoms with Crippen molar-refractivity contribution < 1.29 is 0 Å². The van der Waals surface area contributed by atoms with Crippen LogP contribution in [0.3, 0.4) is 0 Å². The van der Waals surface area contributed by atoms with Crippen molar-refractivity contribution in [1.82, 2.24) is 0 Å². The van der Waals surface area contributed by atoms with Crippen LogP contribution < -0.4 is 22.9 Å². The highest BCUT2D eigenvalue weighted by atomic mass is 14.6. The molecule has 0 aliphatic heterocycles. The Morgan fingerprint density at radius 3 is 1.21 bits per heavy atom. The minimum absolute atomic E-state index is 0.318. The second-order valence-corrected chi connectivity index (χ2v) is 9.51. The van der Waals surface area contributed by atoms with Gasteiger partial charge in [-0.3, -0.25) is 0 Å². The molecule has 8 N–H and O–H groups in total. The number of rotatable bonds is 13. The van der Waals surface area contributed by atoms with Crippen molar-refractivity contribution in [3.63, 3.8) is 0 Å². The number of hydrogen-bond donors (Lipinski definition) is 4. The molecule has 4 heteroatoms. The zero-order chi connectivity index (χ0) is 18.8. The average Bonchev–Trinajstić information content (AvgIpc) is 2.49. The third-order valence-electron chi connectivity index (χ3n) is 5.04. The van der Waals surface area contributed by atoms with E-state index in [-0.39, 0.29) is 0 Å². The first-order chi connectivity index (χ1) is 11.1. The molecule has 0 bridgehead atoms. The van der Waals surface area contributed by atoms with Gasteiger partial charge in [-0.2, -0.15) is 0 Å². The quantitative estimate of drug-likeness (QED) is 0.413. The highest BCUT2D eigenvalue weighted by Crippen LogP contribution is 2.31. The van der Waals surface area contributed by atoms with E-state index in [1.54, 1.807) is 0 Å². The van der Waals surface area contributed by atoms with Gasteiger partial charge in [-0.25, -0.2) is 0 Å². The van der Waals surface area contributed by atoms with Crippen LogP contribution in [-0.4, -0.2) is 26.2 Å². The molecule has 0 amide bonds. The van der Waals surface area contributed by atoms with E-state index in [1.807, 2.05) is 0 Å². The summed E-state index contributed by atoms with van der Waals surface area (Å²) in [7, 11) is 0. The standard InChI is InChI=1S/C20H46N4/c1-15(2)6-16(11-21)7-17(12-22)8-18(13-23)9-19(14-24)10-20(3,4)5/h15-19H,6-14,21-24H2,1-5H3. The molecular formula is C20H46N4. The lowest BCUT2D eigenvalue weighted by Gasteiger charge is -2.30. The van der Waals surface area contributed by atoms with E-state index in [4.69, 9.17) is 22.9 Å². The van der Waals surface area contributed by atoms with Crippen molar-refractivity contribution in [1.29, 1.82) is 0 Å². The van der Waals surface area contributed by atoms with Gasteiger partial charge >= 0.3 is 0 Å². The van der Waals surface area contributed by atoms with Gasteiger partial charge < -0.3 is 22.9 Å². The van der Waals surface area contributed by atoms with E-state index in [2.05, 4.69) is 34.6 Å². The van der Waals surface area contributed by atoms with Crippen molar-refractivity contribution in [2.24, 2.45) is 57.9 Å². The lowest BCUT2D eigenvalue weighted by Crippen LogP contribution is -2.30. The molecule has 146 valence electrons. The van der Waals surface area contributed by atoms with Crippen LogP contribution in [0.15, 0.2) is 0 Å². The predicted octanol–water partition coefficient (Wildman–Crippen LogP) is 2.94. The van der Waals surface area contributed by atoms with Crippen molar-refractivity contribution >= 4 is 0 Å². The Hall–Kier alpha value is -0.160. The van der Waals surface area contributed by atoms with Crippen LogP contribution in [0.2, 0.25) is 0 Å². The van der Waals surface area contributed by atoms with Crippen molar-refractivity contribution in [2.75, 3.05) is 26.2 Å². The maximum atomic E-state index is 6.08. The van der Waals surface area contributed by atoms with E-state index >= 15 is 0 Å². The molecule has 24 heavy (non-hydrogen) atoms. The zero-order valence-corrected chi connectivity index (χ0v) is 17.1. The van der Waals surface area contributed by atoms with Crippen molar-refractivity contribution in [3.8, 4) is 0 Å². The van der Waals surface area contributed by atoms with Crippen LogP contribution in [0.4, 0.5) is 0 Å². The Bertz CT molecular complexity index is 299. The van der Waals surface area contributed by atoms with Crippen molar-refractivity contribution in [2.45, 2.75) is 66.7 Å². The summed E-state index contributed by atoms with van der Waals surface area (Å²) in [5.41, 5.74) is 24.5. The van der Waals surface area contributed by atoms with E-state index in [0.717, 1.165) is 51.9 Å². The van der Waals surface area contributed by atoms with Crippen LogP contribution in [0.1, 0.15) is 66.7 Å². The fourth-order valence-electron chi connectivity index (χ4n) is 4.08. The molecule has 0 saturated carbocycles. The van der Waals surface area contributed by atoms with Gasteiger partial charge in [0.25, 0.3) is 0 Å². The second-order valence-electron chi connectivity index (χ2n) is 9.51. The fraction of sp³-hybridized carbons (Fsp3) is 1.00. The van der Waals surface area contributed by atoms with Crippen LogP contribution in [-0.2, 0) is 0 Å². The maximum Gasteiger partial charge on any atom is -0.00486 e. The molecule has 0 heterocycles. The summed E-state index contributed by atoms with van der Waals surface area (Å²) < 4.78 is 0. The first-order valence-electron chi connectivity index (χ1n) is 9.95. The van der Waals surface area contributed by atoms with Gasteiger partial charge in [0.05, 0.1) is 0 Å². The molecular weight excluding hydrogens is 296 g/mol. The molecule has 4 unspecified atom stereocenters. The highest BCUT2D eigenvalue weighted by molar-refractivity contribution is 4.77. The van der Waals surface area contributed by atoms with Gasteiger partial charge in [0.1, 0.15) is 0 Å². The molecule has 0 aromatic carbocycles. The maximum absolute atomic E-state index is 6.08.